The van der Waals surface area contributed by atoms with E-state index in [0.717, 1.165) is 25.1 Å². The Kier molecular flexibility index (Phi) is 4.75. The van der Waals surface area contributed by atoms with Crippen molar-refractivity contribution in [2.75, 3.05) is 11.6 Å². The van der Waals surface area contributed by atoms with Crippen molar-refractivity contribution in [3.8, 4) is 0 Å². The van der Waals surface area contributed by atoms with E-state index in [1.807, 2.05) is 0 Å². The number of hydrogen-bond acceptors (Lipinski definition) is 5. The summed E-state index contributed by atoms with van der Waals surface area (Å²) >= 11 is 1.33. The molecule has 0 aliphatic heterocycles. The summed E-state index contributed by atoms with van der Waals surface area (Å²) in [4.78, 5) is 12.2. The van der Waals surface area contributed by atoms with Crippen molar-refractivity contribution < 1.29 is 4.79 Å². The zero-order valence-corrected chi connectivity index (χ0v) is 15.0. The fourth-order valence-electron chi connectivity index (χ4n) is 2.92. The van der Waals surface area contributed by atoms with E-state index in [-0.39, 0.29) is 16.9 Å². The van der Waals surface area contributed by atoms with Crippen molar-refractivity contribution in [2.45, 2.75) is 70.5 Å². The maximum atomic E-state index is 12.2. The molecule has 1 amide bonds. The SMILES string of the molecule is CC(C)(C)CC(C)(C)NC(=O)CSc1nnc(C2CC2)n1N. The Bertz CT molecular complexity index is 543. The molecule has 22 heavy (non-hydrogen) atoms. The molecule has 0 spiro atoms. The van der Waals surface area contributed by atoms with Crippen LogP contribution < -0.4 is 11.2 Å². The normalized spacial score (nSPS) is 15.9. The van der Waals surface area contributed by atoms with Gasteiger partial charge in [-0.2, -0.15) is 0 Å². The Morgan fingerprint density at radius 1 is 1.32 bits per heavy atom. The number of carbonyl (C=O) groups excluding carboxylic acids is 1. The number of nitrogens with zero attached hydrogens (tertiary/aromatic N) is 3. The monoisotopic (exact) mass is 325 g/mol. The van der Waals surface area contributed by atoms with Crippen LogP contribution in [-0.4, -0.2) is 32.1 Å². The molecule has 2 rings (SSSR count). The molecule has 0 unspecified atom stereocenters. The van der Waals surface area contributed by atoms with E-state index < -0.39 is 0 Å². The summed E-state index contributed by atoms with van der Waals surface area (Å²) < 4.78 is 1.52. The van der Waals surface area contributed by atoms with Crippen LogP contribution in [0.2, 0.25) is 0 Å². The molecule has 1 fully saturated rings. The van der Waals surface area contributed by atoms with Crippen molar-refractivity contribution >= 4 is 17.7 Å². The molecule has 1 aliphatic rings. The number of hydrogen-bond donors (Lipinski definition) is 2. The molecule has 1 aromatic heterocycles. The first-order valence-corrected chi connectivity index (χ1v) is 8.70. The Labute approximate surface area is 136 Å². The van der Waals surface area contributed by atoms with Crippen LogP contribution in [0, 0.1) is 5.41 Å². The third-order valence-electron chi connectivity index (χ3n) is 3.42. The number of carbonyl (C=O) groups is 1. The number of thioether (sulfide) groups is 1. The average molecular weight is 325 g/mol. The fourth-order valence-corrected chi connectivity index (χ4v) is 3.58. The van der Waals surface area contributed by atoms with E-state index in [1.54, 1.807) is 0 Å². The molecule has 0 atom stereocenters. The van der Waals surface area contributed by atoms with Crippen molar-refractivity contribution in [3.05, 3.63) is 5.82 Å². The lowest BCUT2D eigenvalue weighted by Crippen LogP contribution is -2.46. The molecule has 1 heterocycles. The fraction of sp³-hybridized carbons (Fsp3) is 0.800. The van der Waals surface area contributed by atoms with Crippen molar-refractivity contribution in [1.29, 1.82) is 0 Å². The Hall–Kier alpha value is -1.24. The Morgan fingerprint density at radius 3 is 2.50 bits per heavy atom. The van der Waals surface area contributed by atoms with E-state index in [2.05, 4.69) is 50.1 Å². The van der Waals surface area contributed by atoms with E-state index in [4.69, 9.17) is 5.84 Å². The molecule has 0 saturated heterocycles. The number of amides is 1. The zero-order valence-electron chi connectivity index (χ0n) is 14.1. The number of nitrogen functional groups attached to an aromatic ring is 1. The van der Waals surface area contributed by atoms with Crippen LogP contribution >= 0.6 is 11.8 Å². The standard InChI is InChI=1S/C15H27N5OS/c1-14(2,3)9-15(4,5)17-11(21)8-22-13-19-18-12(20(13)16)10-6-7-10/h10H,6-9,16H2,1-5H3,(H,17,21). The van der Waals surface area contributed by atoms with Gasteiger partial charge in [-0.3, -0.25) is 4.79 Å². The second kappa shape index (κ2) is 6.10. The van der Waals surface area contributed by atoms with Crippen molar-refractivity contribution in [1.82, 2.24) is 20.2 Å². The predicted octanol–water partition coefficient (Wildman–Crippen LogP) is 2.29. The van der Waals surface area contributed by atoms with Gasteiger partial charge in [0.25, 0.3) is 0 Å². The molecule has 6 nitrogen and oxygen atoms in total. The molecular weight excluding hydrogens is 298 g/mol. The van der Waals surface area contributed by atoms with Crippen LogP contribution in [-0.2, 0) is 4.79 Å². The quantitative estimate of drug-likeness (QED) is 0.619. The Balaban J connectivity index is 1.85. The van der Waals surface area contributed by atoms with E-state index in [9.17, 15) is 4.79 Å². The first kappa shape index (κ1) is 17.1. The van der Waals surface area contributed by atoms with E-state index in [1.165, 1.54) is 16.4 Å². The van der Waals surface area contributed by atoms with Gasteiger partial charge in [-0.15, -0.1) is 10.2 Å². The third kappa shape index (κ3) is 4.90. The summed E-state index contributed by atoms with van der Waals surface area (Å²) in [5, 5.41) is 11.9. The lowest BCUT2D eigenvalue weighted by atomic mass is 9.82. The van der Waals surface area contributed by atoms with Gasteiger partial charge in [0, 0.05) is 11.5 Å². The number of aromatic nitrogens is 3. The molecule has 7 heteroatoms. The minimum absolute atomic E-state index is 0.00442. The molecule has 124 valence electrons. The first-order valence-electron chi connectivity index (χ1n) is 7.72. The third-order valence-corrected chi connectivity index (χ3v) is 4.36. The molecule has 3 N–H and O–H groups in total. The number of rotatable bonds is 6. The molecule has 1 saturated carbocycles. The topological polar surface area (TPSA) is 85.8 Å². The summed E-state index contributed by atoms with van der Waals surface area (Å²) in [6.45, 7) is 10.6. The lowest BCUT2D eigenvalue weighted by molar-refractivity contribution is -0.120. The molecule has 1 aliphatic carbocycles. The van der Waals surface area contributed by atoms with Crippen LogP contribution in [0.5, 0.6) is 0 Å². The Morgan fingerprint density at radius 2 is 1.95 bits per heavy atom. The minimum atomic E-state index is -0.231. The summed E-state index contributed by atoms with van der Waals surface area (Å²) in [5.74, 6) is 7.55. The molecule has 0 radical (unpaired) electrons. The van der Waals surface area contributed by atoms with Crippen molar-refractivity contribution in [3.63, 3.8) is 0 Å². The summed E-state index contributed by atoms with van der Waals surface area (Å²) in [5.41, 5.74) is -0.0635. The maximum Gasteiger partial charge on any atom is 0.230 e. The average Bonchev–Trinajstić information content (AvgIpc) is 3.08. The first-order chi connectivity index (χ1) is 10.1. The van der Waals surface area contributed by atoms with E-state index >= 15 is 0 Å². The van der Waals surface area contributed by atoms with Crippen LogP contribution in [0.3, 0.4) is 0 Å². The van der Waals surface area contributed by atoms with E-state index in [0.29, 0.717) is 16.8 Å². The van der Waals surface area contributed by atoms with Crippen LogP contribution in [0.15, 0.2) is 5.16 Å². The van der Waals surface area contributed by atoms with Gasteiger partial charge in [0.05, 0.1) is 5.75 Å². The van der Waals surface area contributed by atoms with Gasteiger partial charge in [0.15, 0.2) is 5.82 Å². The van der Waals surface area contributed by atoms with Gasteiger partial charge >= 0.3 is 0 Å². The molecule has 1 aromatic rings. The summed E-state index contributed by atoms with van der Waals surface area (Å²) in [6.07, 6.45) is 3.16. The molecule has 0 bridgehead atoms. The smallest absolute Gasteiger partial charge is 0.230 e. The number of nitrogens with one attached hydrogen (secondary N) is 1. The van der Waals surface area contributed by atoms with Gasteiger partial charge in [-0.1, -0.05) is 32.5 Å². The highest BCUT2D eigenvalue weighted by Crippen LogP contribution is 2.39. The minimum Gasteiger partial charge on any atom is -0.350 e. The van der Waals surface area contributed by atoms with Crippen LogP contribution in [0.1, 0.15) is 65.6 Å². The van der Waals surface area contributed by atoms with Gasteiger partial charge in [0.1, 0.15) is 0 Å². The highest BCUT2D eigenvalue weighted by atomic mass is 32.2. The highest BCUT2D eigenvalue weighted by Gasteiger charge is 2.30. The molecule has 0 aromatic carbocycles. The van der Waals surface area contributed by atoms with Gasteiger partial charge in [0.2, 0.25) is 11.1 Å². The second-order valence-corrected chi connectivity index (χ2v) is 8.89. The predicted molar refractivity (Wildman–Crippen MR) is 89.2 cm³/mol. The number of nitrogens with two attached hydrogens (primary N) is 1. The maximum absolute atomic E-state index is 12.2. The molecular formula is C15H27N5OS. The van der Waals surface area contributed by atoms with Gasteiger partial charge in [-0.25, -0.2) is 4.68 Å². The zero-order chi connectivity index (χ0) is 16.5. The van der Waals surface area contributed by atoms with Crippen LogP contribution in [0.4, 0.5) is 0 Å². The van der Waals surface area contributed by atoms with Gasteiger partial charge < -0.3 is 11.2 Å². The van der Waals surface area contributed by atoms with Gasteiger partial charge in [-0.05, 0) is 38.5 Å². The second-order valence-electron chi connectivity index (χ2n) is 7.94. The lowest BCUT2D eigenvalue weighted by Gasteiger charge is -2.33. The van der Waals surface area contributed by atoms with Crippen LogP contribution in [0.25, 0.3) is 0 Å². The summed E-state index contributed by atoms with van der Waals surface area (Å²) in [6, 6.07) is 0. The summed E-state index contributed by atoms with van der Waals surface area (Å²) in [7, 11) is 0. The largest absolute Gasteiger partial charge is 0.350 e. The highest BCUT2D eigenvalue weighted by molar-refractivity contribution is 7.99. The van der Waals surface area contributed by atoms with Crippen molar-refractivity contribution in [2.24, 2.45) is 5.41 Å².